The number of nitrogens with one attached hydrogen (secondary N) is 1. The number of para-hydroxylation sites is 1. The molecule has 2 aromatic carbocycles. The molecule has 33 heavy (non-hydrogen) atoms. The zero-order valence-corrected chi connectivity index (χ0v) is 20.0. The molecular formula is C29H38N2O2. The van der Waals surface area contributed by atoms with Crippen molar-refractivity contribution in [3.8, 4) is 5.75 Å². The van der Waals surface area contributed by atoms with Gasteiger partial charge in [-0.05, 0) is 86.9 Å². The van der Waals surface area contributed by atoms with Gasteiger partial charge in [-0.2, -0.15) is 0 Å². The third-order valence-electron chi connectivity index (χ3n) is 8.25. The molecule has 0 spiro atoms. The van der Waals surface area contributed by atoms with Crippen molar-refractivity contribution in [3.63, 3.8) is 0 Å². The van der Waals surface area contributed by atoms with Crippen LogP contribution >= 0.6 is 0 Å². The molecule has 1 saturated carbocycles. The van der Waals surface area contributed by atoms with Crippen LogP contribution in [0.3, 0.4) is 0 Å². The van der Waals surface area contributed by atoms with Crippen LogP contribution < -0.4 is 10.1 Å². The third kappa shape index (κ3) is 4.96. The summed E-state index contributed by atoms with van der Waals surface area (Å²) in [6.45, 7) is 1.98. The number of anilines is 1. The Morgan fingerprint density at radius 2 is 1.76 bits per heavy atom. The number of likely N-dealkylation sites (tertiary alicyclic amines) is 1. The number of fused-ring (bicyclic) bond motifs is 1. The summed E-state index contributed by atoms with van der Waals surface area (Å²) in [4.78, 5) is 16.5. The number of methoxy groups -OCH3 is 1. The average Bonchev–Trinajstić information content (AvgIpc) is 2.89. The molecule has 1 N–H and O–H groups in total. The lowest BCUT2D eigenvalue weighted by atomic mass is 9.79. The van der Waals surface area contributed by atoms with Crippen molar-refractivity contribution in [2.45, 2.75) is 75.8 Å². The number of rotatable bonds is 6. The summed E-state index contributed by atoms with van der Waals surface area (Å²) >= 11 is 0. The number of piperidine rings is 1. The van der Waals surface area contributed by atoms with Crippen molar-refractivity contribution in [1.82, 2.24) is 4.90 Å². The van der Waals surface area contributed by atoms with Crippen LogP contribution in [-0.2, 0) is 11.2 Å². The van der Waals surface area contributed by atoms with E-state index in [1.54, 1.807) is 7.11 Å². The number of carbonyl (C=O) groups is 1. The Bertz CT molecular complexity index is 944. The molecule has 0 amide bonds. The van der Waals surface area contributed by atoms with E-state index in [0.717, 1.165) is 57.4 Å². The molecule has 2 aliphatic heterocycles. The van der Waals surface area contributed by atoms with Gasteiger partial charge in [0, 0.05) is 17.6 Å². The molecule has 3 aliphatic rings. The van der Waals surface area contributed by atoms with Crippen LogP contribution in [0, 0.1) is 5.92 Å². The maximum Gasteiger partial charge on any atom is 0.155 e. The largest absolute Gasteiger partial charge is 0.497 e. The normalized spacial score (nSPS) is 23.4. The lowest BCUT2D eigenvalue weighted by molar-refractivity contribution is -0.130. The Labute approximate surface area is 198 Å². The van der Waals surface area contributed by atoms with Crippen LogP contribution in [0.1, 0.15) is 68.4 Å². The quantitative estimate of drug-likeness (QED) is 0.607. The van der Waals surface area contributed by atoms with Gasteiger partial charge < -0.3 is 10.1 Å². The SMILES string of the molecule is COc1cccc(C2CCN(C(C(=O)C3CCCCC3)C3CCc4ccccc4N3)CC2)c1. The Balaban J connectivity index is 1.33. The monoisotopic (exact) mass is 446 g/mol. The molecule has 2 heterocycles. The van der Waals surface area contributed by atoms with E-state index in [0.29, 0.717) is 11.7 Å². The van der Waals surface area contributed by atoms with Crippen molar-refractivity contribution in [2.24, 2.45) is 5.92 Å². The van der Waals surface area contributed by atoms with E-state index in [1.165, 1.54) is 36.1 Å². The molecule has 0 bridgehead atoms. The highest BCUT2D eigenvalue weighted by molar-refractivity contribution is 5.88. The van der Waals surface area contributed by atoms with Gasteiger partial charge in [0.2, 0.25) is 0 Å². The molecule has 1 saturated heterocycles. The van der Waals surface area contributed by atoms with E-state index in [9.17, 15) is 4.79 Å². The first-order valence-corrected chi connectivity index (χ1v) is 13.0. The van der Waals surface area contributed by atoms with Crippen molar-refractivity contribution in [3.05, 3.63) is 59.7 Å². The number of hydrogen-bond acceptors (Lipinski definition) is 4. The van der Waals surface area contributed by atoms with E-state index < -0.39 is 0 Å². The predicted molar refractivity (Wildman–Crippen MR) is 134 cm³/mol. The molecule has 2 fully saturated rings. The molecule has 0 aromatic heterocycles. The first-order chi connectivity index (χ1) is 16.2. The van der Waals surface area contributed by atoms with Crippen LogP contribution in [0.2, 0.25) is 0 Å². The molecule has 176 valence electrons. The summed E-state index contributed by atoms with van der Waals surface area (Å²) in [5.41, 5.74) is 3.98. The molecular weight excluding hydrogens is 408 g/mol. The van der Waals surface area contributed by atoms with Gasteiger partial charge in [-0.1, -0.05) is 49.6 Å². The number of carbonyl (C=O) groups excluding carboxylic acids is 1. The highest BCUT2D eigenvalue weighted by atomic mass is 16.5. The van der Waals surface area contributed by atoms with Gasteiger partial charge in [0.1, 0.15) is 5.75 Å². The van der Waals surface area contributed by atoms with E-state index in [2.05, 4.69) is 52.7 Å². The molecule has 0 radical (unpaired) electrons. The van der Waals surface area contributed by atoms with E-state index >= 15 is 0 Å². The Morgan fingerprint density at radius 3 is 2.55 bits per heavy atom. The van der Waals surface area contributed by atoms with Gasteiger partial charge >= 0.3 is 0 Å². The first-order valence-electron chi connectivity index (χ1n) is 13.0. The molecule has 4 heteroatoms. The second-order valence-corrected chi connectivity index (χ2v) is 10.2. The molecule has 1 aliphatic carbocycles. The number of nitrogens with zero attached hydrogens (tertiary/aromatic N) is 1. The van der Waals surface area contributed by atoms with Crippen LogP contribution in [0.25, 0.3) is 0 Å². The first kappa shape index (κ1) is 22.5. The molecule has 2 unspecified atom stereocenters. The number of ketones is 1. The standard InChI is InChI=1S/C29H38N2O2/c1-33-25-12-7-11-24(20-25)21-16-18-31(19-17-21)28(29(32)23-9-3-2-4-10-23)27-15-14-22-8-5-6-13-26(22)30-27/h5-8,11-13,20-21,23,27-28,30H,2-4,9-10,14-19H2,1H3. The Kier molecular flexibility index (Phi) is 7.01. The van der Waals surface area contributed by atoms with Gasteiger partial charge in [-0.3, -0.25) is 9.69 Å². The summed E-state index contributed by atoms with van der Waals surface area (Å²) in [7, 11) is 1.73. The van der Waals surface area contributed by atoms with Gasteiger partial charge in [-0.15, -0.1) is 0 Å². The fourth-order valence-corrected chi connectivity index (χ4v) is 6.37. The van der Waals surface area contributed by atoms with Crippen molar-refractivity contribution < 1.29 is 9.53 Å². The van der Waals surface area contributed by atoms with Gasteiger partial charge in [0.25, 0.3) is 0 Å². The maximum atomic E-state index is 13.9. The van der Waals surface area contributed by atoms with Crippen LogP contribution in [0.4, 0.5) is 5.69 Å². The Hall–Kier alpha value is -2.33. The van der Waals surface area contributed by atoms with Crippen molar-refractivity contribution >= 4 is 11.5 Å². The minimum Gasteiger partial charge on any atom is -0.497 e. The lowest BCUT2D eigenvalue weighted by Crippen LogP contribution is -2.56. The van der Waals surface area contributed by atoms with Crippen LogP contribution in [0.15, 0.2) is 48.5 Å². The number of hydrogen-bond donors (Lipinski definition) is 1. The molecule has 5 rings (SSSR count). The van der Waals surface area contributed by atoms with Crippen molar-refractivity contribution in [1.29, 1.82) is 0 Å². The summed E-state index contributed by atoms with van der Waals surface area (Å²) in [5, 5.41) is 3.79. The maximum absolute atomic E-state index is 13.9. The zero-order chi connectivity index (χ0) is 22.6. The van der Waals surface area contributed by atoms with E-state index in [-0.39, 0.29) is 18.0 Å². The number of ether oxygens (including phenoxy) is 1. The molecule has 4 nitrogen and oxygen atoms in total. The minimum absolute atomic E-state index is 0.00674. The van der Waals surface area contributed by atoms with Crippen molar-refractivity contribution in [2.75, 3.05) is 25.5 Å². The number of benzene rings is 2. The van der Waals surface area contributed by atoms with Gasteiger partial charge in [-0.25, -0.2) is 0 Å². The zero-order valence-electron chi connectivity index (χ0n) is 20.0. The summed E-state index contributed by atoms with van der Waals surface area (Å²) in [5.74, 6) is 2.23. The Morgan fingerprint density at radius 1 is 0.970 bits per heavy atom. The molecule has 2 atom stereocenters. The fraction of sp³-hybridized carbons (Fsp3) is 0.552. The smallest absolute Gasteiger partial charge is 0.155 e. The lowest BCUT2D eigenvalue weighted by Gasteiger charge is -2.43. The second kappa shape index (κ2) is 10.3. The highest BCUT2D eigenvalue weighted by Gasteiger charge is 2.40. The second-order valence-electron chi connectivity index (χ2n) is 10.2. The number of Topliss-reactive ketones (excluding diaryl/α,β-unsaturated/α-hetero) is 1. The van der Waals surface area contributed by atoms with E-state index in [4.69, 9.17) is 4.74 Å². The van der Waals surface area contributed by atoms with Crippen LogP contribution in [0.5, 0.6) is 5.75 Å². The fourth-order valence-electron chi connectivity index (χ4n) is 6.37. The highest BCUT2D eigenvalue weighted by Crippen LogP contribution is 2.35. The van der Waals surface area contributed by atoms with Crippen LogP contribution in [-0.4, -0.2) is 43.0 Å². The van der Waals surface area contributed by atoms with E-state index in [1.807, 2.05) is 6.07 Å². The minimum atomic E-state index is -0.00674. The summed E-state index contributed by atoms with van der Waals surface area (Å²) in [6.07, 6.45) is 10.2. The molecule has 2 aromatic rings. The predicted octanol–water partition coefficient (Wildman–Crippen LogP) is 5.82. The van der Waals surface area contributed by atoms with Gasteiger partial charge in [0.05, 0.1) is 13.2 Å². The average molecular weight is 447 g/mol. The topological polar surface area (TPSA) is 41.6 Å². The third-order valence-corrected chi connectivity index (χ3v) is 8.25. The number of aryl methyl sites for hydroxylation is 1. The summed E-state index contributed by atoms with van der Waals surface area (Å²) in [6, 6.07) is 17.4. The summed E-state index contributed by atoms with van der Waals surface area (Å²) < 4.78 is 5.45. The van der Waals surface area contributed by atoms with Gasteiger partial charge in [0.15, 0.2) is 5.78 Å².